The van der Waals surface area contributed by atoms with E-state index in [1.54, 1.807) is 29.4 Å². The van der Waals surface area contributed by atoms with Crippen LogP contribution in [0.25, 0.3) is 27.8 Å². The summed E-state index contributed by atoms with van der Waals surface area (Å²) >= 11 is 0. The number of carbonyl (C=O) groups excluding carboxylic acids is 1. The molecule has 6 heteroatoms. The highest BCUT2D eigenvalue weighted by Gasteiger charge is 2.23. The molecule has 1 amide bonds. The second-order valence-electron chi connectivity index (χ2n) is 7.44. The van der Waals surface area contributed by atoms with Crippen LogP contribution >= 0.6 is 0 Å². The van der Waals surface area contributed by atoms with Crippen molar-refractivity contribution < 1.29 is 9.53 Å². The van der Waals surface area contributed by atoms with E-state index in [0.717, 1.165) is 16.8 Å². The van der Waals surface area contributed by atoms with Gasteiger partial charge in [-0.05, 0) is 35.4 Å². The fraction of sp³-hybridized carbons (Fsp3) is 0.160. The third-order valence-electron chi connectivity index (χ3n) is 5.52. The SMILES string of the molecule is O=C(c1cn(-c2cccc(-c3ccccc3)c2)c2ncccc2c1=O)N1CCOCC1. The van der Waals surface area contributed by atoms with E-state index in [2.05, 4.69) is 4.98 Å². The van der Waals surface area contributed by atoms with E-state index in [1.165, 1.54) is 0 Å². The average molecular weight is 411 g/mol. The molecular weight excluding hydrogens is 390 g/mol. The first-order valence-corrected chi connectivity index (χ1v) is 10.3. The normalized spacial score (nSPS) is 14.0. The number of carbonyl (C=O) groups is 1. The molecule has 4 aromatic rings. The largest absolute Gasteiger partial charge is 0.378 e. The molecule has 0 N–H and O–H groups in total. The zero-order valence-electron chi connectivity index (χ0n) is 16.9. The molecule has 1 aliphatic rings. The fourth-order valence-electron chi connectivity index (χ4n) is 3.91. The zero-order valence-corrected chi connectivity index (χ0v) is 16.9. The van der Waals surface area contributed by atoms with Crippen LogP contribution < -0.4 is 5.43 Å². The van der Waals surface area contributed by atoms with Gasteiger partial charge >= 0.3 is 0 Å². The van der Waals surface area contributed by atoms with Crippen LogP contribution in [0.15, 0.2) is 83.9 Å². The van der Waals surface area contributed by atoms with Crippen molar-refractivity contribution in [3.8, 4) is 16.8 Å². The first kappa shape index (κ1) is 19.2. The number of hydrogen-bond acceptors (Lipinski definition) is 4. The zero-order chi connectivity index (χ0) is 21.2. The highest BCUT2D eigenvalue weighted by atomic mass is 16.5. The molecule has 0 atom stereocenters. The van der Waals surface area contributed by atoms with Crippen LogP contribution in [0.3, 0.4) is 0 Å². The maximum absolute atomic E-state index is 13.2. The summed E-state index contributed by atoms with van der Waals surface area (Å²) in [7, 11) is 0. The number of amides is 1. The summed E-state index contributed by atoms with van der Waals surface area (Å²) in [4.78, 5) is 32.5. The Kier molecular flexibility index (Phi) is 5.06. The van der Waals surface area contributed by atoms with Crippen molar-refractivity contribution in [2.24, 2.45) is 0 Å². The Balaban J connectivity index is 1.68. The van der Waals surface area contributed by atoms with Crippen molar-refractivity contribution in [3.63, 3.8) is 0 Å². The summed E-state index contributed by atoms with van der Waals surface area (Å²) in [5.74, 6) is -0.271. The Hall–Kier alpha value is -3.77. The first-order valence-electron chi connectivity index (χ1n) is 10.3. The van der Waals surface area contributed by atoms with Gasteiger partial charge in [0.1, 0.15) is 11.2 Å². The lowest BCUT2D eigenvalue weighted by atomic mass is 10.0. The van der Waals surface area contributed by atoms with E-state index in [1.807, 2.05) is 59.2 Å². The van der Waals surface area contributed by atoms with Gasteiger partial charge in [0.15, 0.2) is 0 Å². The smallest absolute Gasteiger partial charge is 0.259 e. The number of morpholine rings is 1. The van der Waals surface area contributed by atoms with Gasteiger partial charge in [0.25, 0.3) is 5.91 Å². The van der Waals surface area contributed by atoms with Crippen molar-refractivity contribution in [1.82, 2.24) is 14.5 Å². The van der Waals surface area contributed by atoms with Crippen molar-refractivity contribution in [2.75, 3.05) is 26.3 Å². The van der Waals surface area contributed by atoms with E-state index in [9.17, 15) is 9.59 Å². The molecule has 1 fully saturated rings. The summed E-state index contributed by atoms with van der Waals surface area (Å²) in [5.41, 5.74) is 3.34. The molecule has 0 aliphatic carbocycles. The summed E-state index contributed by atoms with van der Waals surface area (Å²) in [6.07, 6.45) is 3.28. The van der Waals surface area contributed by atoms with Crippen LogP contribution in [-0.2, 0) is 4.74 Å². The topological polar surface area (TPSA) is 64.4 Å². The molecule has 154 valence electrons. The molecule has 2 aromatic heterocycles. The van der Waals surface area contributed by atoms with Gasteiger partial charge in [-0.3, -0.25) is 9.59 Å². The highest BCUT2D eigenvalue weighted by Crippen LogP contribution is 2.24. The number of aromatic nitrogens is 2. The van der Waals surface area contributed by atoms with Gasteiger partial charge in [-0.1, -0.05) is 42.5 Å². The molecule has 0 bridgehead atoms. The maximum Gasteiger partial charge on any atom is 0.259 e. The average Bonchev–Trinajstić information content (AvgIpc) is 2.85. The van der Waals surface area contributed by atoms with Crippen molar-refractivity contribution in [2.45, 2.75) is 0 Å². The number of hydrogen-bond donors (Lipinski definition) is 0. The predicted molar refractivity (Wildman–Crippen MR) is 119 cm³/mol. The van der Waals surface area contributed by atoms with Gasteiger partial charge < -0.3 is 14.2 Å². The minimum atomic E-state index is -0.296. The molecule has 0 unspecified atom stereocenters. The summed E-state index contributed by atoms with van der Waals surface area (Å²) in [6.45, 7) is 1.92. The number of fused-ring (bicyclic) bond motifs is 1. The highest BCUT2D eigenvalue weighted by molar-refractivity contribution is 5.97. The van der Waals surface area contributed by atoms with Gasteiger partial charge in [0.05, 0.1) is 18.6 Å². The maximum atomic E-state index is 13.2. The van der Waals surface area contributed by atoms with Gasteiger partial charge in [0.2, 0.25) is 5.43 Å². The predicted octanol–water partition coefficient (Wildman–Crippen LogP) is 3.53. The Morgan fingerprint density at radius 1 is 0.903 bits per heavy atom. The molecule has 3 heterocycles. The van der Waals surface area contributed by atoms with Crippen molar-refractivity contribution in [1.29, 1.82) is 0 Å². The summed E-state index contributed by atoms with van der Waals surface area (Å²) in [6, 6.07) is 21.5. The molecule has 31 heavy (non-hydrogen) atoms. The van der Waals surface area contributed by atoms with E-state index in [-0.39, 0.29) is 16.9 Å². The number of pyridine rings is 2. The second-order valence-corrected chi connectivity index (χ2v) is 7.44. The van der Waals surface area contributed by atoms with Crippen LogP contribution in [0.4, 0.5) is 0 Å². The Morgan fingerprint density at radius 2 is 1.68 bits per heavy atom. The lowest BCUT2D eigenvalue weighted by Gasteiger charge is -2.27. The molecule has 1 aliphatic heterocycles. The van der Waals surface area contributed by atoms with Crippen LogP contribution in [0, 0.1) is 0 Å². The van der Waals surface area contributed by atoms with Crippen molar-refractivity contribution >= 4 is 16.9 Å². The van der Waals surface area contributed by atoms with Crippen LogP contribution in [0.1, 0.15) is 10.4 Å². The molecule has 0 saturated carbocycles. The number of benzene rings is 2. The van der Waals surface area contributed by atoms with E-state index >= 15 is 0 Å². The Bertz CT molecular complexity index is 1310. The lowest BCUT2D eigenvalue weighted by molar-refractivity contribution is 0.0302. The van der Waals surface area contributed by atoms with Crippen molar-refractivity contribution in [3.05, 3.63) is 94.9 Å². The van der Waals surface area contributed by atoms with Crippen LogP contribution in [-0.4, -0.2) is 46.7 Å². The van der Waals surface area contributed by atoms with E-state index in [4.69, 9.17) is 4.74 Å². The fourth-order valence-corrected chi connectivity index (χ4v) is 3.91. The monoisotopic (exact) mass is 411 g/mol. The third kappa shape index (κ3) is 3.62. The minimum Gasteiger partial charge on any atom is -0.378 e. The lowest BCUT2D eigenvalue weighted by Crippen LogP contribution is -2.42. The molecule has 6 nitrogen and oxygen atoms in total. The number of nitrogens with zero attached hydrogens (tertiary/aromatic N) is 3. The van der Waals surface area contributed by atoms with Gasteiger partial charge in [-0.15, -0.1) is 0 Å². The molecular formula is C25H21N3O3. The van der Waals surface area contributed by atoms with Gasteiger partial charge in [-0.2, -0.15) is 0 Å². The molecule has 0 radical (unpaired) electrons. The third-order valence-corrected chi connectivity index (χ3v) is 5.52. The number of rotatable bonds is 3. The number of ether oxygens (including phenoxy) is 1. The Morgan fingerprint density at radius 3 is 2.48 bits per heavy atom. The van der Waals surface area contributed by atoms with Crippen LogP contribution in [0.2, 0.25) is 0 Å². The minimum absolute atomic E-state index is 0.146. The quantitative estimate of drug-likeness (QED) is 0.517. The molecule has 2 aromatic carbocycles. The molecule has 0 spiro atoms. The van der Waals surface area contributed by atoms with E-state index in [0.29, 0.717) is 37.3 Å². The van der Waals surface area contributed by atoms with Gasteiger partial charge in [0, 0.05) is 31.2 Å². The summed E-state index contributed by atoms with van der Waals surface area (Å²) < 4.78 is 7.18. The second kappa shape index (κ2) is 8.16. The molecule has 1 saturated heterocycles. The molecule has 5 rings (SSSR count). The summed E-state index contributed by atoms with van der Waals surface area (Å²) in [5, 5.41) is 0.423. The van der Waals surface area contributed by atoms with Gasteiger partial charge in [-0.25, -0.2) is 4.98 Å². The Labute approximate surface area is 179 Å². The van der Waals surface area contributed by atoms with Crippen LogP contribution in [0.5, 0.6) is 0 Å². The van der Waals surface area contributed by atoms with E-state index < -0.39 is 0 Å². The first-order chi connectivity index (χ1) is 15.2. The standard InChI is InChI=1S/C25H21N3O3/c29-23-21-10-5-11-26-24(21)28(17-22(23)25(30)27-12-14-31-15-13-27)20-9-4-8-19(16-20)18-6-2-1-3-7-18/h1-11,16-17H,12-15H2.